The molecule has 0 bridgehead atoms. The number of ether oxygens (including phenoxy) is 1. The number of rotatable bonds is 5. The standard InChI is InChI=1S/C17H23N3O2S/c1-12(2)20(11-13-9-18-19(3)10-13)16(21)8-15-17-14(4-6-22-15)5-7-23-17/h5,7,9-10,12,15H,4,6,8,11H2,1-3H3. The van der Waals surface area contributed by atoms with Crippen LogP contribution in [0.5, 0.6) is 0 Å². The van der Waals surface area contributed by atoms with Crippen molar-refractivity contribution in [3.05, 3.63) is 39.8 Å². The molecule has 0 radical (unpaired) electrons. The highest BCUT2D eigenvalue weighted by Gasteiger charge is 2.28. The fraction of sp³-hybridized carbons (Fsp3) is 0.529. The van der Waals surface area contributed by atoms with Crippen molar-refractivity contribution in [2.24, 2.45) is 7.05 Å². The van der Waals surface area contributed by atoms with Crippen molar-refractivity contribution in [1.82, 2.24) is 14.7 Å². The van der Waals surface area contributed by atoms with E-state index < -0.39 is 0 Å². The number of carbonyl (C=O) groups is 1. The Balaban J connectivity index is 1.70. The van der Waals surface area contributed by atoms with E-state index in [1.165, 1.54) is 10.4 Å². The van der Waals surface area contributed by atoms with E-state index in [1.807, 2.05) is 38.2 Å². The molecule has 1 unspecified atom stereocenters. The molecule has 2 aromatic heterocycles. The Bertz CT molecular complexity index is 677. The third-order valence-corrected chi connectivity index (χ3v) is 5.23. The van der Waals surface area contributed by atoms with Crippen molar-refractivity contribution in [1.29, 1.82) is 0 Å². The number of hydrogen-bond donors (Lipinski definition) is 0. The predicted molar refractivity (Wildman–Crippen MR) is 90.2 cm³/mol. The Morgan fingerprint density at radius 2 is 2.39 bits per heavy atom. The second kappa shape index (κ2) is 6.84. The highest BCUT2D eigenvalue weighted by molar-refractivity contribution is 7.10. The summed E-state index contributed by atoms with van der Waals surface area (Å²) < 4.78 is 7.63. The van der Waals surface area contributed by atoms with E-state index in [0.717, 1.165) is 12.0 Å². The zero-order valence-electron chi connectivity index (χ0n) is 13.9. The van der Waals surface area contributed by atoms with Crippen LogP contribution in [0, 0.1) is 0 Å². The number of aromatic nitrogens is 2. The Kier molecular flexibility index (Phi) is 4.82. The minimum atomic E-state index is -0.0959. The highest BCUT2D eigenvalue weighted by Crippen LogP contribution is 2.34. The van der Waals surface area contributed by atoms with Crippen LogP contribution in [0.3, 0.4) is 0 Å². The van der Waals surface area contributed by atoms with Crippen molar-refractivity contribution >= 4 is 17.2 Å². The Hall–Kier alpha value is -1.66. The lowest BCUT2D eigenvalue weighted by molar-refractivity contribution is -0.137. The van der Waals surface area contributed by atoms with Gasteiger partial charge in [0.1, 0.15) is 6.10 Å². The van der Waals surface area contributed by atoms with E-state index in [2.05, 4.69) is 16.5 Å². The lowest BCUT2D eigenvalue weighted by Crippen LogP contribution is -2.37. The van der Waals surface area contributed by atoms with E-state index in [4.69, 9.17) is 4.74 Å². The third kappa shape index (κ3) is 3.64. The van der Waals surface area contributed by atoms with Crippen LogP contribution in [0.4, 0.5) is 0 Å². The first kappa shape index (κ1) is 16.2. The summed E-state index contributed by atoms with van der Waals surface area (Å²) in [5.74, 6) is 0.134. The molecule has 1 aliphatic rings. The molecule has 0 saturated carbocycles. The summed E-state index contributed by atoms with van der Waals surface area (Å²) in [7, 11) is 1.89. The van der Waals surface area contributed by atoms with Crippen molar-refractivity contribution in [2.75, 3.05) is 6.61 Å². The molecule has 6 heteroatoms. The van der Waals surface area contributed by atoms with Gasteiger partial charge >= 0.3 is 0 Å². The van der Waals surface area contributed by atoms with E-state index in [-0.39, 0.29) is 18.1 Å². The van der Waals surface area contributed by atoms with Crippen molar-refractivity contribution < 1.29 is 9.53 Å². The van der Waals surface area contributed by atoms with E-state index in [1.54, 1.807) is 16.0 Å². The average molecular weight is 333 g/mol. The van der Waals surface area contributed by atoms with Crippen LogP contribution in [0.2, 0.25) is 0 Å². The van der Waals surface area contributed by atoms with Gasteiger partial charge in [0, 0.05) is 36.3 Å². The fourth-order valence-electron chi connectivity index (χ4n) is 2.96. The maximum Gasteiger partial charge on any atom is 0.226 e. The van der Waals surface area contributed by atoms with Gasteiger partial charge in [-0.1, -0.05) is 0 Å². The molecule has 3 heterocycles. The van der Waals surface area contributed by atoms with Crippen LogP contribution in [-0.2, 0) is 29.5 Å². The summed E-state index contributed by atoms with van der Waals surface area (Å²) >= 11 is 1.69. The summed E-state index contributed by atoms with van der Waals surface area (Å²) in [4.78, 5) is 15.9. The summed E-state index contributed by atoms with van der Waals surface area (Å²) in [6.45, 7) is 5.39. The molecular weight excluding hydrogens is 310 g/mol. The predicted octanol–water partition coefficient (Wildman–Crippen LogP) is 2.92. The quantitative estimate of drug-likeness (QED) is 0.845. The average Bonchev–Trinajstić information content (AvgIpc) is 3.13. The third-order valence-electron chi connectivity index (χ3n) is 4.18. The lowest BCUT2D eigenvalue weighted by Gasteiger charge is -2.29. The lowest BCUT2D eigenvalue weighted by atomic mass is 10.0. The molecule has 2 aromatic rings. The van der Waals surface area contributed by atoms with Crippen LogP contribution in [0.25, 0.3) is 0 Å². The molecule has 0 aromatic carbocycles. The summed E-state index contributed by atoms with van der Waals surface area (Å²) in [5, 5.41) is 6.27. The molecule has 0 spiro atoms. The number of hydrogen-bond acceptors (Lipinski definition) is 4. The van der Waals surface area contributed by atoms with Gasteiger partial charge in [-0.2, -0.15) is 5.10 Å². The molecule has 23 heavy (non-hydrogen) atoms. The maximum absolute atomic E-state index is 12.8. The van der Waals surface area contributed by atoms with Gasteiger partial charge in [0.2, 0.25) is 5.91 Å². The number of thiophene rings is 1. The van der Waals surface area contributed by atoms with Crippen molar-refractivity contribution in [2.45, 2.75) is 45.4 Å². The molecule has 3 rings (SSSR count). The summed E-state index contributed by atoms with van der Waals surface area (Å²) in [6, 6.07) is 2.30. The van der Waals surface area contributed by atoms with Gasteiger partial charge in [0.25, 0.3) is 0 Å². The molecule has 0 aliphatic carbocycles. The van der Waals surface area contributed by atoms with Gasteiger partial charge in [-0.15, -0.1) is 11.3 Å². The van der Waals surface area contributed by atoms with Gasteiger partial charge in [-0.05, 0) is 37.3 Å². The molecule has 1 amide bonds. The zero-order valence-corrected chi connectivity index (χ0v) is 14.7. The number of aryl methyl sites for hydroxylation is 1. The Labute approximate surface area is 140 Å². The van der Waals surface area contributed by atoms with Gasteiger partial charge in [0.05, 0.1) is 19.2 Å². The molecule has 0 fully saturated rings. The summed E-state index contributed by atoms with van der Waals surface area (Å²) in [5.41, 5.74) is 2.39. The first-order valence-corrected chi connectivity index (χ1v) is 8.87. The molecule has 0 N–H and O–H groups in total. The van der Waals surface area contributed by atoms with Crippen LogP contribution in [-0.4, -0.2) is 33.2 Å². The van der Waals surface area contributed by atoms with Crippen LogP contribution in [0.1, 0.15) is 42.4 Å². The molecule has 124 valence electrons. The smallest absolute Gasteiger partial charge is 0.226 e. The molecule has 1 atom stereocenters. The largest absolute Gasteiger partial charge is 0.372 e. The van der Waals surface area contributed by atoms with E-state index >= 15 is 0 Å². The second-order valence-corrected chi connectivity index (χ2v) is 7.21. The zero-order chi connectivity index (χ0) is 16.4. The van der Waals surface area contributed by atoms with Crippen LogP contribution >= 0.6 is 11.3 Å². The minimum absolute atomic E-state index is 0.0959. The monoisotopic (exact) mass is 333 g/mol. The number of amides is 1. The van der Waals surface area contributed by atoms with Gasteiger partial charge < -0.3 is 9.64 Å². The molecule has 0 saturated heterocycles. The topological polar surface area (TPSA) is 47.4 Å². The maximum atomic E-state index is 12.8. The second-order valence-electron chi connectivity index (χ2n) is 6.26. The highest BCUT2D eigenvalue weighted by atomic mass is 32.1. The normalized spacial score (nSPS) is 17.3. The number of fused-ring (bicyclic) bond motifs is 1. The molecular formula is C17H23N3O2S. The molecule has 1 aliphatic heterocycles. The van der Waals surface area contributed by atoms with E-state index in [0.29, 0.717) is 19.6 Å². The first-order valence-electron chi connectivity index (χ1n) is 7.99. The Morgan fingerprint density at radius 3 is 3.09 bits per heavy atom. The van der Waals surface area contributed by atoms with E-state index in [9.17, 15) is 4.79 Å². The van der Waals surface area contributed by atoms with Gasteiger partial charge in [0.15, 0.2) is 0 Å². The summed E-state index contributed by atoms with van der Waals surface area (Å²) in [6.07, 6.45) is 5.04. The number of nitrogens with zero attached hydrogens (tertiary/aromatic N) is 3. The van der Waals surface area contributed by atoms with Crippen molar-refractivity contribution in [3.8, 4) is 0 Å². The van der Waals surface area contributed by atoms with Crippen LogP contribution < -0.4 is 0 Å². The van der Waals surface area contributed by atoms with Gasteiger partial charge in [-0.25, -0.2) is 0 Å². The SMILES string of the molecule is CC(C)N(Cc1cnn(C)c1)C(=O)CC1OCCc2ccsc21. The van der Waals surface area contributed by atoms with Crippen molar-refractivity contribution in [3.63, 3.8) is 0 Å². The number of carbonyl (C=O) groups excluding carboxylic acids is 1. The Morgan fingerprint density at radius 1 is 1.57 bits per heavy atom. The van der Waals surface area contributed by atoms with Crippen LogP contribution in [0.15, 0.2) is 23.8 Å². The minimum Gasteiger partial charge on any atom is -0.372 e. The van der Waals surface area contributed by atoms with Gasteiger partial charge in [-0.3, -0.25) is 9.48 Å². The molecule has 5 nitrogen and oxygen atoms in total. The fourth-order valence-corrected chi connectivity index (χ4v) is 3.96. The first-order chi connectivity index (χ1) is 11.0.